The summed E-state index contributed by atoms with van der Waals surface area (Å²) in [5, 5.41) is 17.5. The van der Waals surface area contributed by atoms with Crippen LogP contribution in [-0.2, 0) is 22.6 Å². The van der Waals surface area contributed by atoms with E-state index < -0.39 is 11.9 Å². The number of aromatic nitrogens is 5. The average Bonchev–Trinajstić information content (AvgIpc) is 3.66. The fourth-order valence-corrected chi connectivity index (χ4v) is 4.80. The van der Waals surface area contributed by atoms with Crippen LogP contribution in [-0.4, -0.2) is 62.4 Å². The smallest absolute Gasteiger partial charge is 0.291 e. The Balaban J connectivity index is 1.06. The summed E-state index contributed by atoms with van der Waals surface area (Å²) >= 11 is 0. The maximum Gasteiger partial charge on any atom is 0.291 e. The molecule has 0 bridgehead atoms. The topological polar surface area (TPSA) is 147 Å². The molecule has 12 nitrogen and oxygen atoms in total. The van der Waals surface area contributed by atoms with Gasteiger partial charge in [-0.3, -0.25) is 19.5 Å². The molecule has 13 heteroatoms. The highest BCUT2D eigenvalue weighted by Crippen LogP contribution is 2.32. The zero-order valence-electron chi connectivity index (χ0n) is 23.1. The molecule has 0 fully saturated rings. The Kier molecular flexibility index (Phi) is 7.52. The number of hydrogen-bond acceptors (Lipinski definition) is 7. The van der Waals surface area contributed by atoms with Crippen LogP contribution in [0.4, 0.5) is 15.8 Å². The van der Waals surface area contributed by atoms with Crippen molar-refractivity contribution in [1.29, 1.82) is 0 Å². The fourth-order valence-electron chi connectivity index (χ4n) is 4.80. The molecule has 6 rings (SSSR count). The monoisotopic (exact) mass is 582 g/mol. The van der Waals surface area contributed by atoms with Gasteiger partial charge in [0, 0.05) is 30.1 Å². The maximum absolute atomic E-state index is 14.0. The Morgan fingerprint density at radius 1 is 1.14 bits per heavy atom. The van der Waals surface area contributed by atoms with Crippen molar-refractivity contribution >= 4 is 40.0 Å². The van der Waals surface area contributed by atoms with E-state index in [1.165, 1.54) is 22.0 Å². The molecule has 3 amide bonds. The van der Waals surface area contributed by atoms with Gasteiger partial charge in [-0.15, -0.1) is 5.10 Å². The molecular weight excluding hydrogens is 555 g/mol. The maximum atomic E-state index is 14.0. The number of carbonyl (C=O) groups is 3. The number of nitrogens with zero attached hydrogens (tertiary/aromatic N) is 5. The summed E-state index contributed by atoms with van der Waals surface area (Å²) in [5.74, 6) is -1.27. The molecule has 43 heavy (non-hydrogen) atoms. The normalized spacial score (nSPS) is 14.6. The van der Waals surface area contributed by atoms with Crippen molar-refractivity contribution in [3.8, 4) is 5.75 Å². The van der Waals surface area contributed by atoms with Gasteiger partial charge in [0.15, 0.2) is 0 Å². The number of rotatable bonds is 8. The molecule has 0 saturated heterocycles. The van der Waals surface area contributed by atoms with Crippen LogP contribution in [0.1, 0.15) is 28.2 Å². The molecule has 0 saturated carbocycles. The molecule has 5 aromatic rings. The lowest BCUT2D eigenvalue weighted by atomic mass is 10.1. The molecule has 0 spiro atoms. The van der Waals surface area contributed by atoms with Crippen molar-refractivity contribution in [2.45, 2.75) is 25.4 Å². The summed E-state index contributed by atoms with van der Waals surface area (Å²) in [5.41, 5.74) is 3.27. The van der Waals surface area contributed by atoms with Gasteiger partial charge in [0.2, 0.25) is 11.7 Å². The molecule has 2 aromatic heterocycles. The number of H-pyrrole nitrogens is 1. The van der Waals surface area contributed by atoms with E-state index in [2.05, 4.69) is 30.9 Å². The molecule has 3 heterocycles. The minimum Gasteiger partial charge on any atom is -0.489 e. The molecule has 1 atom stereocenters. The summed E-state index contributed by atoms with van der Waals surface area (Å²) < 4.78 is 21.2. The van der Waals surface area contributed by atoms with Gasteiger partial charge in [0.05, 0.1) is 23.9 Å². The molecule has 3 aromatic carbocycles. The first-order valence-electron chi connectivity index (χ1n) is 13.5. The first kappa shape index (κ1) is 27.6. The molecule has 218 valence electrons. The summed E-state index contributed by atoms with van der Waals surface area (Å²) in [6.45, 7) is 0.00166. The number of benzene rings is 3. The number of carbonyl (C=O) groups excluding carboxylic acids is 3. The lowest BCUT2D eigenvalue weighted by Crippen LogP contribution is -2.49. The third-order valence-corrected chi connectivity index (χ3v) is 7.12. The van der Waals surface area contributed by atoms with Crippen molar-refractivity contribution in [3.05, 3.63) is 96.0 Å². The predicted molar refractivity (Wildman–Crippen MR) is 155 cm³/mol. The third kappa shape index (κ3) is 6.05. The van der Waals surface area contributed by atoms with Crippen LogP contribution >= 0.6 is 0 Å². The van der Waals surface area contributed by atoms with Gasteiger partial charge in [0.1, 0.15) is 30.5 Å². The largest absolute Gasteiger partial charge is 0.489 e. The van der Waals surface area contributed by atoms with Crippen molar-refractivity contribution in [1.82, 2.24) is 30.3 Å². The van der Waals surface area contributed by atoms with Crippen LogP contribution < -0.4 is 20.3 Å². The third-order valence-electron chi connectivity index (χ3n) is 7.12. The second-order valence-electron chi connectivity index (χ2n) is 10.1. The highest BCUT2D eigenvalue weighted by atomic mass is 19.1. The molecule has 0 aliphatic carbocycles. The van der Waals surface area contributed by atoms with Crippen LogP contribution in [0.2, 0.25) is 0 Å². The summed E-state index contributed by atoms with van der Waals surface area (Å²) in [7, 11) is 1.60. The Hall–Kier alpha value is -5.59. The quantitative estimate of drug-likeness (QED) is 0.255. The van der Waals surface area contributed by atoms with E-state index >= 15 is 0 Å². The van der Waals surface area contributed by atoms with Crippen LogP contribution in [0.15, 0.2) is 73.2 Å². The Morgan fingerprint density at radius 2 is 2.00 bits per heavy atom. The van der Waals surface area contributed by atoms with Crippen molar-refractivity contribution in [2.75, 3.05) is 23.9 Å². The van der Waals surface area contributed by atoms with Gasteiger partial charge in [-0.05, 0) is 48.4 Å². The highest BCUT2D eigenvalue weighted by Gasteiger charge is 2.31. The second kappa shape index (κ2) is 11.7. The number of nitrogens with one attached hydrogen (secondary N) is 3. The van der Waals surface area contributed by atoms with E-state index in [9.17, 15) is 18.8 Å². The number of amides is 3. The first-order chi connectivity index (χ1) is 20.8. The van der Waals surface area contributed by atoms with E-state index in [1.807, 2.05) is 24.3 Å². The minimum absolute atomic E-state index is 0.0969. The summed E-state index contributed by atoms with van der Waals surface area (Å²) in [4.78, 5) is 44.2. The molecule has 1 aliphatic heterocycles. The Bertz CT molecular complexity index is 1830. The fraction of sp³-hybridized carbons (Fsp3) is 0.200. The van der Waals surface area contributed by atoms with Crippen molar-refractivity contribution in [2.24, 2.45) is 0 Å². The summed E-state index contributed by atoms with van der Waals surface area (Å²) in [6, 6.07) is 16.2. The van der Waals surface area contributed by atoms with Gasteiger partial charge in [-0.25, -0.2) is 14.1 Å². The molecular formula is C30H27FN8O4. The Morgan fingerprint density at radius 3 is 2.86 bits per heavy atom. The number of aryl methyl sites for hydroxylation is 1. The molecule has 3 N–H and O–H groups in total. The van der Waals surface area contributed by atoms with Crippen LogP contribution in [0.3, 0.4) is 0 Å². The minimum atomic E-state index is -0.996. The number of fused-ring (bicyclic) bond motifs is 2. The second-order valence-corrected chi connectivity index (χ2v) is 10.1. The van der Waals surface area contributed by atoms with E-state index in [4.69, 9.17) is 4.74 Å². The average molecular weight is 583 g/mol. The summed E-state index contributed by atoms with van der Waals surface area (Å²) in [6.07, 6.45) is 3.71. The molecule has 0 radical (unpaired) electrons. The number of hydrogen-bond donors (Lipinski definition) is 3. The molecule has 1 unspecified atom stereocenters. The lowest BCUT2D eigenvalue weighted by molar-refractivity contribution is -0.120. The van der Waals surface area contributed by atoms with Gasteiger partial charge in [0.25, 0.3) is 11.8 Å². The number of likely N-dealkylation sites (N-methyl/N-ethyl adjacent to an activating group) is 1. The standard InChI is InChI=1S/C30H27FN8O4/c1-38-25-12-18(7-11-27(40)34-21-9-8-19-14-33-36-23(19)13-21)6-10-26(25)43-16-24(30(38)42)35-29(41)28-32-17-39(37-28)15-20-4-2-3-5-22(20)31/h2-6,8-10,12-14,17,24H,7,11,15-16H2,1H3,(H,33,36)(H,34,40)(H,35,41). The van der Waals surface area contributed by atoms with Gasteiger partial charge >= 0.3 is 0 Å². The zero-order valence-corrected chi connectivity index (χ0v) is 23.1. The van der Waals surface area contributed by atoms with Crippen LogP contribution in [0, 0.1) is 5.82 Å². The van der Waals surface area contributed by atoms with E-state index in [0.29, 0.717) is 29.1 Å². The highest BCUT2D eigenvalue weighted by molar-refractivity contribution is 6.02. The number of halogens is 1. The van der Waals surface area contributed by atoms with E-state index in [-0.39, 0.29) is 43.0 Å². The number of ether oxygens (including phenoxy) is 1. The van der Waals surface area contributed by atoms with Gasteiger partial charge < -0.3 is 20.3 Å². The molecule has 1 aliphatic rings. The van der Waals surface area contributed by atoms with Crippen molar-refractivity contribution < 1.29 is 23.5 Å². The number of aromatic amines is 1. The van der Waals surface area contributed by atoms with Crippen molar-refractivity contribution in [3.63, 3.8) is 0 Å². The first-order valence-corrected chi connectivity index (χ1v) is 13.5. The van der Waals surface area contributed by atoms with Gasteiger partial charge in [-0.2, -0.15) is 5.10 Å². The van der Waals surface area contributed by atoms with Crippen LogP contribution in [0.5, 0.6) is 5.75 Å². The lowest BCUT2D eigenvalue weighted by Gasteiger charge is -2.20. The number of anilines is 2. The zero-order chi connectivity index (χ0) is 29.9. The van der Waals surface area contributed by atoms with Gasteiger partial charge in [-0.1, -0.05) is 24.3 Å². The van der Waals surface area contributed by atoms with Crippen LogP contribution in [0.25, 0.3) is 10.9 Å². The van der Waals surface area contributed by atoms with E-state index in [1.54, 1.807) is 43.6 Å². The predicted octanol–water partition coefficient (Wildman–Crippen LogP) is 3.07. The Labute approximate surface area is 244 Å². The SMILES string of the molecule is CN1C(=O)C(NC(=O)c2ncn(Cc3ccccc3F)n2)COc2ccc(CCC(=O)Nc3ccc4cn[nH]c4c3)cc21. The van der Waals surface area contributed by atoms with E-state index in [0.717, 1.165) is 16.5 Å².